The Labute approximate surface area is 113 Å². The van der Waals surface area contributed by atoms with Gasteiger partial charge in [0.05, 0.1) is 12.1 Å². The molecule has 1 unspecified atom stereocenters. The Morgan fingerprint density at radius 2 is 2.00 bits per heavy atom. The van der Waals surface area contributed by atoms with Crippen LogP contribution in [0.5, 0.6) is 0 Å². The van der Waals surface area contributed by atoms with E-state index in [1.165, 1.54) is 12.8 Å². The lowest BCUT2D eigenvalue weighted by Crippen LogP contribution is -2.51. The van der Waals surface area contributed by atoms with Crippen LogP contribution in [0.15, 0.2) is 11.2 Å². The van der Waals surface area contributed by atoms with Crippen molar-refractivity contribution in [3.05, 3.63) is 17.5 Å². The van der Waals surface area contributed by atoms with Gasteiger partial charge in [0.2, 0.25) is 0 Å². The number of nitrogens with one attached hydrogen (secondary N) is 1. The minimum atomic E-state index is -0.175. The number of thioether (sulfide) groups is 1. The average Bonchev–Trinajstić information content (AvgIpc) is 3.14. The van der Waals surface area contributed by atoms with Gasteiger partial charge in [-0.15, -0.1) is 0 Å². The van der Waals surface area contributed by atoms with Gasteiger partial charge in [0.15, 0.2) is 5.16 Å². The molecule has 1 aliphatic carbocycles. The van der Waals surface area contributed by atoms with Crippen LogP contribution in [0.4, 0.5) is 0 Å². The fourth-order valence-electron chi connectivity index (χ4n) is 2.24. The first-order valence-electron chi connectivity index (χ1n) is 6.34. The van der Waals surface area contributed by atoms with Crippen molar-refractivity contribution in [2.75, 3.05) is 19.4 Å². The van der Waals surface area contributed by atoms with Gasteiger partial charge in [-0.05, 0) is 45.7 Å². The van der Waals surface area contributed by atoms with Crippen LogP contribution >= 0.6 is 11.8 Å². The number of hydrogen-bond donors (Lipinski definition) is 2. The molecule has 18 heavy (non-hydrogen) atoms. The summed E-state index contributed by atoms with van der Waals surface area (Å²) in [7, 11) is 1.93. The van der Waals surface area contributed by atoms with E-state index in [2.05, 4.69) is 15.3 Å². The molecule has 0 aliphatic heterocycles. The van der Waals surface area contributed by atoms with E-state index in [1.54, 1.807) is 11.8 Å². The predicted octanol–water partition coefficient (Wildman–Crippen LogP) is 1.55. The Hall–Kier alpha value is -0.650. The number of aliphatic hydroxyl groups is 1. The van der Waals surface area contributed by atoms with Gasteiger partial charge in [-0.3, -0.25) is 0 Å². The van der Waals surface area contributed by atoms with Crippen LogP contribution in [-0.2, 0) is 0 Å². The molecule has 0 saturated heterocycles. The van der Waals surface area contributed by atoms with Crippen LogP contribution in [0.2, 0.25) is 0 Å². The molecule has 1 aliphatic rings. The Balaban J connectivity index is 2.05. The lowest BCUT2D eigenvalue weighted by molar-refractivity contribution is 0.167. The van der Waals surface area contributed by atoms with E-state index in [9.17, 15) is 5.11 Å². The first-order valence-corrected chi connectivity index (χ1v) is 7.33. The summed E-state index contributed by atoms with van der Waals surface area (Å²) in [6.07, 6.45) is 2.41. The highest BCUT2D eigenvalue weighted by molar-refractivity contribution is 7.99. The standard InChI is InChI=1S/C13H21N3OS/c1-9-6-10(2)16-12(15-9)18-8-13(7-17,14-3)11-4-5-11/h6,11,14,17H,4-5,7-8H2,1-3H3. The molecule has 5 heteroatoms. The molecule has 0 bridgehead atoms. The lowest BCUT2D eigenvalue weighted by atomic mass is 9.97. The molecule has 2 N–H and O–H groups in total. The SMILES string of the molecule is CNC(CO)(CSc1nc(C)cc(C)n1)C1CC1. The zero-order valence-electron chi connectivity index (χ0n) is 11.2. The van der Waals surface area contributed by atoms with Gasteiger partial charge < -0.3 is 10.4 Å². The summed E-state index contributed by atoms with van der Waals surface area (Å²) in [4.78, 5) is 8.86. The zero-order valence-corrected chi connectivity index (χ0v) is 12.0. The van der Waals surface area contributed by atoms with Gasteiger partial charge in [-0.2, -0.15) is 0 Å². The highest BCUT2D eigenvalue weighted by Gasteiger charge is 2.43. The average molecular weight is 267 g/mol. The van der Waals surface area contributed by atoms with E-state index in [4.69, 9.17) is 0 Å². The fraction of sp³-hybridized carbons (Fsp3) is 0.692. The second-order valence-electron chi connectivity index (χ2n) is 5.06. The molecule has 0 spiro atoms. The fourth-order valence-corrected chi connectivity index (χ4v) is 3.51. The van der Waals surface area contributed by atoms with Crippen molar-refractivity contribution in [1.82, 2.24) is 15.3 Å². The molecular formula is C13H21N3OS. The molecule has 0 amide bonds. The summed E-state index contributed by atoms with van der Waals surface area (Å²) >= 11 is 1.63. The van der Waals surface area contributed by atoms with Crippen LogP contribution in [0.1, 0.15) is 24.2 Å². The topological polar surface area (TPSA) is 58.0 Å². The van der Waals surface area contributed by atoms with Gasteiger partial charge in [-0.25, -0.2) is 9.97 Å². The van der Waals surface area contributed by atoms with Crippen molar-refractivity contribution >= 4 is 11.8 Å². The maximum atomic E-state index is 9.66. The highest BCUT2D eigenvalue weighted by atomic mass is 32.2. The summed E-state index contributed by atoms with van der Waals surface area (Å²) in [6.45, 7) is 4.14. The first-order chi connectivity index (χ1) is 8.59. The van der Waals surface area contributed by atoms with Crippen LogP contribution in [0.25, 0.3) is 0 Å². The van der Waals surface area contributed by atoms with Crippen molar-refractivity contribution < 1.29 is 5.11 Å². The normalized spacial score (nSPS) is 18.7. The number of aromatic nitrogens is 2. The number of nitrogens with zero attached hydrogens (tertiary/aromatic N) is 2. The molecule has 1 aromatic heterocycles. The minimum Gasteiger partial charge on any atom is -0.394 e. The van der Waals surface area contributed by atoms with E-state index in [-0.39, 0.29) is 12.1 Å². The van der Waals surface area contributed by atoms with Crippen LogP contribution in [-0.4, -0.2) is 40.0 Å². The monoisotopic (exact) mass is 267 g/mol. The van der Waals surface area contributed by atoms with Crippen LogP contribution in [0.3, 0.4) is 0 Å². The Kier molecular flexibility index (Phi) is 4.25. The number of hydrogen-bond acceptors (Lipinski definition) is 5. The van der Waals surface area contributed by atoms with Crippen molar-refractivity contribution in [3.8, 4) is 0 Å². The summed E-state index contributed by atoms with van der Waals surface area (Å²) < 4.78 is 0. The molecule has 1 saturated carbocycles. The second-order valence-corrected chi connectivity index (χ2v) is 6.00. The van der Waals surface area contributed by atoms with E-state index >= 15 is 0 Å². The quantitative estimate of drug-likeness (QED) is 0.605. The van der Waals surface area contributed by atoms with Crippen molar-refractivity contribution in [1.29, 1.82) is 0 Å². The molecular weight excluding hydrogens is 246 g/mol. The van der Waals surface area contributed by atoms with E-state index in [0.29, 0.717) is 5.92 Å². The summed E-state index contributed by atoms with van der Waals surface area (Å²) in [5.74, 6) is 1.40. The lowest BCUT2D eigenvalue weighted by Gasteiger charge is -2.31. The van der Waals surface area contributed by atoms with Gasteiger partial charge in [0.1, 0.15) is 0 Å². The zero-order chi connectivity index (χ0) is 13.2. The van der Waals surface area contributed by atoms with E-state index < -0.39 is 0 Å². The van der Waals surface area contributed by atoms with Crippen molar-refractivity contribution in [3.63, 3.8) is 0 Å². The van der Waals surface area contributed by atoms with Crippen molar-refractivity contribution in [2.24, 2.45) is 5.92 Å². The molecule has 2 rings (SSSR count). The van der Waals surface area contributed by atoms with E-state index in [0.717, 1.165) is 22.3 Å². The van der Waals surface area contributed by atoms with Gasteiger partial charge in [0, 0.05) is 17.1 Å². The molecule has 100 valence electrons. The largest absolute Gasteiger partial charge is 0.394 e. The third-order valence-electron chi connectivity index (χ3n) is 3.56. The third-order valence-corrected chi connectivity index (χ3v) is 4.66. The molecule has 4 nitrogen and oxygen atoms in total. The van der Waals surface area contributed by atoms with Crippen LogP contribution < -0.4 is 5.32 Å². The Morgan fingerprint density at radius 3 is 2.44 bits per heavy atom. The van der Waals surface area contributed by atoms with Crippen molar-refractivity contribution in [2.45, 2.75) is 37.4 Å². The molecule has 1 heterocycles. The summed E-state index contributed by atoms with van der Waals surface area (Å²) in [6, 6.07) is 1.97. The smallest absolute Gasteiger partial charge is 0.188 e. The van der Waals surface area contributed by atoms with Gasteiger partial charge in [-0.1, -0.05) is 11.8 Å². The summed E-state index contributed by atoms with van der Waals surface area (Å²) in [5.41, 5.74) is 1.82. The van der Waals surface area contributed by atoms with Gasteiger partial charge >= 0.3 is 0 Å². The number of likely N-dealkylation sites (N-methyl/N-ethyl adjacent to an activating group) is 1. The summed E-state index contributed by atoms with van der Waals surface area (Å²) in [5, 5.41) is 13.8. The number of aliphatic hydroxyl groups excluding tert-OH is 1. The molecule has 1 fully saturated rings. The second kappa shape index (κ2) is 5.55. The van der Waals surface area contributed by atoms with Crippen LogP contribution in [0, 0.1) is 19.8 Å². The predicted molar refractivity (Wildman–Crippen MR) is 73.8 cm³/mol. The molecule has 1 aromatic rings. The third kappa shape index (κ3) is 3.02. The Bertz CT molecular complexity index is 396. The maximum Gasteiger partial charge on any atom is 0.188 e. The number of aryl methyl sites for hydroxylation is 2. The molecule has 0 aromatic carbocycles. The number of rotatable bonds is 6. The van der Waals surface area contributed by atoms with Gasteiger partial charge in [0.25, 0.3) is 0 Å². The first kappa shape index (κ1) is 13.8. The molecule has 0 radical (unpaired) electrons. The highest BCUT2D eigenvalue weighted by Crippen LogP contribution is 2.41. The molecule has 1 atom stereocenters. The maximum absolute atomic E-state index is 9.66. The Morgan fingerprint density at radius 1 is 1.39 bits per heavy atom. The van der Waals surface area contributed by atoms with E-state index in [1.807, 2.05) is 27.0 Å². The minimum absolute atomic E-state index is 0.173.